The zero-order chi connectivity index (χ0) is 16.3. The molecular formula is C21H38O. The first-order chi connectivity index (χ1) is 10.8. The van der Waals surface area contributed by atoms with Crippen LogP contribution in [0.15, 0.2) is 24.3 Å². The minimum Gasteiger partial charge on any atom is -0.300 e. The van der Waals surface area contributed by atoms with E-state index in [2.05, 4.69) is 38.2 Å². The van der Waals surface area contributed by atoms with E-state index in [0.29, 0.717) is 5.78 Å². The normalized spacial score (nSPS) is 11.7. The Labute approximate surface area is 139 Å². The number of ketones is 1. The highest BCUT2D eigenvalue weighted by Gasteiger charge is 2.00. The van der Waals surface area contributed by atoms with Crippen LogP contribution in [-0.2, 0) is 4.79 Å². The maximum absolute atomic E-state index is 11.8. The van der Waals surface area contributed by atoms with Crippen LogP contribution in [0.25, 0.3) is 0 Å². The topological polar surface area (TPSA) is 17.1 Å². The Bertz CT molecular complexity index is 288. The van der Waals surface area contributed by atoms with Gasteiger partial charge in [-0.25, -0.2) is 0 Å². The van der Waals surface area contributed by atoms with Gasteiger partial charge in [0.2, 0.25) is 0 Å². The Morgan fingerprint density at radius 1 is 0.682 bits per heavy atom. The van der Waals surface area contributed by atoms with Crippen LogP contribution < -0.4 is 0 Å². The van der Waals surface area contributed by atoms with E-state index in [1.807, 2.05) is 0 Å². The maximum atomic E-state index is 11.8. The highest BCUT2D eigenvalue weighted by atomic mass is 16.1. The van der Waals surface area contributed by atoms with Crippen molar-refractivity contribution in [1.29, 1.82) is 0 Å². The van der Waals surface area contributed by atoms with Gasteiger partial charge in [0.15, 0.2) is 0 Å². The van der Waals surface area contributed by atoms with Crippen molar-refractivity contribution < 1.29 is 4.79 Å². The zero-order valence-corrected chi connectivity index (χ0v) is 15.1. The van der Waals surface area contributed by atoms with Gasteiger partial charge in [-0.1, -0.05) is 83.1 Å². The zero-order valence-electron chi connectivity index (χ0n) is 15.1. The van der Waals surface area contributed by atoms with E-state index < -0.39 is 0 Å². The molecule has 0 spiro atoms. The predicted molar refractivity (Wildman–Crippen MR) is 99.3 cm³/mol. The number of hydrogen-bond donors (Lipinski definition) is 0. The quantitative estimate of drug-likeness (QED) is 0.218. The van der Waals surface area contributed by atoms with E-state index in [9.17, 15) is 4.79 Å². The largest absolute Gasteiger partial charge is 0.300 e. The second-order valence-electron chi connectivity index (χ2n) is 6.24. The number of carbonyl (C=O) groups is 1. The number of rotatable bonds is 16. The fourth-order valence-electron chi connectivity index (χ4n) is 2.55. The van der Waals surface area contributed by atoms with Gasteiger partial charge in [0.1, 0.15) is 5.78 Å². The van der Waals surface area contributed by atoms with Gasteiger partial charge in [-0.3, -0.25) is 4.79 Å². The first-order valence-corrected chi connectivity index (χ1v) is 9.63. The fourth-order valence-corrected chi connectivity index (χ4v) is 2.55. The molecule has 0 aromatic carbocycles. The van der Waals surface area contributed by atoms with E-state index in [1.165, 1.54) is 44.9 Å². The minimum atomic E-state index is 0.463. The van der Waals surface area contributed by atoms with Gasteiger partial charge < -0.3 is 0 Å². The van der Waals surface area contributed by atoms with Crippen molar-refractivity contribution in [2.45, 2.75) is 104 Å². The van der Waals surface area contributed by atoms with Crippen LogP contribution in [0.4, 0.5) is 0 Å². The lowest BCUT2D eigenvalue weighted by Crippen LogP contribution is -1.97. The van der Waals surface area contributed by atoms with E-state index in [1.54, 1.807) is 0 Å². The smallest absolute Gasteiger partial charge is 0.132 e. The summed E-state index contributed by atoms with van der Waals surface area (Å²) in [6.45, 7) is 4.41. The van der Waals surface area contributed by atoms with Gasteiger partial charge in [-0.05, 0) is 32.1 Å². The average Bonchev–Trinajstić information content (AvgIpc) is 2.52. The van der Waals surface area contributed by atoms with Crippen molar-refractivity contribution in [1.82, 2.24) is 0 Å². The monoisotopic (exact) mass is 306 g/mol. The lowest BCUT2D eigenvalue weighted by atomic mass is 10.0. The second kappa shape index (κ2) is 18.2. The molecule has 0 atom stereocenters. The van der Waals surface area contributed by atoms with Gasteiger partial charge in [0.05, 0.1) is 0 Å². The first kappa shape index (κ1) is 21.1. The molecule has 128 valence electrons. The second-order valence-corrected chi connectivity index (χ2v) is 6.24. The SMILES string of the molecule is CCC=CCC=CCCCC(=O)CCCCCCCCCC. The summed E-state index contributed by atoms with van der Waals surface area (Å²) in [7, 11) is 0. The summed E-state index contributed by atoms with van der Waals surface area (Å²) in [4.78, 5) is 11.8. The van der Waals surface area contributed by atoms with E-state index >= 15 is 0 Å². The third kappa shape index (κ3) is 17.2. The highest BCUT2D eigenvalue weighted by Crippen LogP contribution is 2.11. The van der Waals surface area contributed by atoms with Gasteiger partial charge in [-0.15, -0.1) is 0 Å². The molecule has 0 N–H and O–H groups in total. The molecule has 0 saturated carbocycles. The molecule has 0 aromatic heterocycles. The van der Waals surface area contributed by atoms with Crippen molar-refractivity contribution in [3.8, 4) is 0 Å². The Kier molecular flexibility index (Phi) is 17.5. The lowest BCUT2D eigenvalue weighted by Gasteiger charge is -2.02. The molecule has 0 aliphatic carbocycles. The average molecular weight is 307 g/mol. The molecule has 0 amide bonds. The summed E-state index contributed by atoms with van der Waals surface area (Å²) in [6.07, 6.45) is 25.0. The molecular weight excluding hydrogens is 268 g/mol. The summed E-state index contributed by atoms with van der Waals surface area (Å²) < 4.78 is 0. The Morgan fingerprint density at radius 3 is 1.95 bits per heavy atom. The first-order valence-electron chi connectivity index (χ1n) is 9.63. The van der Waals surface area contributed by atoms with Crippen molar-refractivity contribution in [3.63, 3.8) is 0 Å². The van der Waals surface area contributed by atoms with Crippen LogP contribution in [0.1, 0.15) is 104 Å². The van der Waals surface area contributed by atoms with E-state index in [-0.39, 0.29) is 0 Å². The lowest BCUT2D eigenvalue weighted by molar-refractivity contribution is -0.119. The standard InChI is InChI=1S/C21H38O/c1-3-5-7-9-11-13-15-17-19-21(22)20-18-16-14-12-10-8-6-4-2/h5,7,11,13H,3-4,6,8-10,12,14-20H2,1-2H3. The number of carbonyl (C=O) groups excluding carboxylic acids is 1. The predicted octanol–water partition coefficient (Wildman–Crippen LogP) is 7.17. The molecule has 0 aliphatic heterocycles. The van der Waals surface area contributed by atoms with Gasteiger partial charge in [0, 0.05) is 12.8 Å². The molecule has 0 bridgehead atoms. The molecule has 1 nitrogen and oxygen atoms in total. The summed E-state index contributed by atoms with van der Waals surface area (Å²) in [5.74, 6) is 0.463. The van der Waals surface area contributed by atoms with E-state index in [0.717, 1.165) is 44.9 Å². The highest BCUT2D eigenvalue weighted by molar-refractivity contribution is 5.78. The molecule has 0 saturated heterocycles. The van der Waals surface area contributed by atoms with Gasteiger partial charge in [0.25, 0.3) is 0 Å². The molecule has 0 unspecified atom stereocenters. The third-order valence-corrected chi connectivity index (χ3v) is 3.98. The molecule has 1 heteroatoms. The third-order valence-electron chi connectivity index (χ3n) is 3.98. The summed E-state index contributed by atoms with van der Waals surface area (Å²) in [5, 5.41) is 0. The van der Waals surface area contributed by atoms with E-state index in [4.69, 9.17) is 0 Å². The molecule has 0 heterocycles. The van der Waals surface area contributed by atoms with Crippen molar-refractivity contribution in [2.75, 3.05) is 0 Å². The molecule has 0 rings (SSSR count). The number of Topliss-reactive ketones (excluding diaryl/α,β-unsaturated/α-hetero) is 1. The molecule has 0 aliphatic rings. The van der Waals surface area contributed by atoms with Crippen molar-refractivity contribution >= 4 is 5.78 Å². The van der Waals surface area contributed by atoms with Gasteiger partial charge >= 0.3 is 0 Å². The van der Waals surface area contributed by atoms with Crippen LogP contribution in [0.5, 0.6) is 0 Å². The van der Waals surface area contributed by atoms with Crippen LogP contribution >= 0.6 is 0 Å². The number of unbranched alkanes of at least 4 members (excludes halogenated alkanes) is 8. The van der Waals surface area contributed by atoms with Crippen LogP contribution in [0, 0.1) is 0 Å². The summed E-state index contributed by atoms with van der Waals surface area (Å²) >= 11 is 0. The maximum Gasteiger partial charge on any atom is 0.132 e. The fraction of sp³-hybridized carbons (Fsp3) is 0.762. The molecule has 0 fully saturated rings. The number of hydrogen-bond acceptors (Lipinski definition) is 1. The van der Waals surface area contributed by atoms with Crippen LogP contribution in [-0.4, -0.2) is 5.78 Å². The number of allylic oxidation sites excluding steroid dienone is 4. The Morgan fingerprint density at radius 2 is 1.27 bits per heavy atom. The summed E-state index contributed by atoms with van der Waals surface area (Å²) in [6, 6.07) is 0. The molecule has 0 radical (unpaired) electrons. The minimum absolute atomic E-state index is 0.463. The Balaban J connectivity index is 3.27. The van der Waals surface area contributed by atoms with Crippen LogP contribution in [0.3, 0.4) is 0 Å². The van der Waals surface area contributed by atoms with Crippen LogP contribution in [0.2, 0.25) is 0 Å². The molecule has 0 aromatic rings. The molecule has 22 heavy (non-hydrogen) atoms. The van der Waals surface area contributed by atoms with Crippen molar-refractivity contribution in [2.24, 2.45) is 0 Å². The van der Waals surface area contributed by atoms with Gasteiger partial charge in [-0.2, -0.15) is 0 Å². The van der Waals surface area contributed by atoms with Crippen molar-refractivity contribution in [3.05, 3.63) is 24.3 Å². The summed E-state index contributed by atoms with van der Waals surface area (Å²) in [5.41, 5.74) is 0. The Hall–Kier alpha value is -0.850.